The lowest BCUT2D eigenvalue weighted by Gasteiger charge is -2.63. The Hall–Kier alpha value is -4.92. The molecular formula is C51H66N4O9. The van der Waals surface area contributed by atoms with E-state index in [1.54, 1.807) is 32.1 Å². The van der Waals surface area contributed by atoms with Gasteiger partial charge < -0.3 is 40.8 Å². The summed E-state index contributed by atoms with van der Waals surface area (Å²) in [6, 6.07) is 14.8. The van der Waals surface area contributed by atoms with Gasteiger partial charge in [-0.1, -0.05) is 80.6 Å². The van der Waals surface area contributed by atoms with Gasteiger partial charge in [-0.3, -0.25) is 19.3 Å². The van der Waals surface area contributed by atoms with Gasteiger partial charge in [0.2, 0.25) is 11.6 Å². The molecule has 2 unspecified atom stereocenters. The van der Waals surface area contributed by atoms with Gasteiger partial charge >= 0.3 is 6.09 Å². The molecule has 344 valence electrons. The third-order valence-corrected chi connectivity index (χ3v) is 14.4. The van der Waals surface area contributed by atoms with E-state index in [-0.39, 0.29) is 40.4 Å². The van der Waals surface area contributed by atoms with Gasteiger partial charge in [0.05, 0.1) is 29.2 Å². The summed E-state index contributed by atoms with van der Waals surface area (Å²) >= 11 is 0. The molecule has 6 N–H and O–H groups in total. The van der Waals surface area contributed by atoms with E-state index >= 15 is 0 Å². The fourth-order valence-corrected chi connectivity index (χ4v) is 11.8. The third kappa shape index (κ3) is 10.3. The normalized spacial score (nSPS) is 34.8. The van der Waals surface area contributed by atoms with Crippen molar-refractivity contribution >= 4 is 34.3 Å². The molecular weight excluding hydrogens is 813 g/mol. The first-order valence-corrected chi connectivity index (χ1v) is 22.8. The molecule has 4 fully saturated rings. The summed E-state index contributed by atoms with van der Waals surface area (Å²) in [4.78, 5) is 56.8. The minimum absolute atomic E-state index is 0.127. The summed E-state index contributed by atoms with van der Waals surface area (Å²) in [7, 11) is 2.96. The van der Waals surface area contributed by atoms with E-state index < -0.39 is 59.5 Å². The van der Waals surface area contributed by atoms with Gasteiger partial charge in [-0.15, -0.1) is 0 Å². The van der Waals surface area contributed by atoms with Crippen LogP contribution in [0.15, 0.2) is 101 Å². The molecule has 1 aliphatic heterocycles. The fourth-order valence-electron chi connectivity index (χ4n) is 11.8. The van der Waals surface area contributed by atoms with Gasteiger partial charge in [-0.05, 0) is 105 Å². The van der Waals surface area contributed by atoms with Crippen molar-refractivity contribution in [3.8, 4) is 0 Å². The van der Waals surface area contributed by atoms with Crippen LogP contribution >= 0.6 is 0 Å². The number of Topliss-reactive ketones (excluding diaryl/α,β-unsaturated/α-hetero) is 1. The number of ketones is 2. The number of nitrogens with zero attached hydrogens (tertiary/aromatic N) is 1. The largest absolute Gasteiger partial charge is 0.439 e. The third-order valence-electron chi connectivity index (χ3n) is 14.4. The van der Waals surface area contributed by atoms with Crippen LogP contribution in [0.4, 0.5) is 4.79 Å². The zero-order valence-electron chi connectivity index (χ0n) is 38.1. The Morgan fingerprint density at radius 2 is 1.70 bits per heavy atom. The molecule has 0 spiro atoms. The minimum atomic E-state index is -1.00. The smallest absolute Gasteiger partial charge is 0.405 e. The average molecular weight is 879 g/mol. The van der Waals surface area contributed by atoms with E-state index in [1.807, 2.05) is 19.9 Å². The number of hydrogen-bond acceptors (Lipinski definition) is 11. The fraction of sp³-hybridized carbons (Fsp3) is 0.529. The highest BCUT2D eigenvalue weighted by Gasteiger charge is 2.59. The maximum atomic E-state index is 14.5. The van der Waals surface area contributed by atoms with Gasteiger partial charge in [-0.25, -0.2) is 4.79 Å². The predicted molar refractivity (Wildman–Crippen MR) is 244 cm³/mol. The molecule has 1 heterocycles. The summed E-state index contributed by atoms with van der Waals surface area (Å²) in [5.41, 5.74) is 6.92. The number of nitrogens with two attached hydrogens (primary N) is 1. The topological polar surface area (TPSA) is 190 Å². The Balaban J connectivity index is 1.19. The Morgan fingerprint density at radius 3 is 2.39 bits per heavy atom. The number of aliphatic hydroxyl groups excluding tert-OH is 1. The molecule has 2 aromatic rings. The number of benzene rings is 2. The lowest BCUT2D eigenvalue weighted by Crippen LogP contribution is -2.65. The lowest BCUT2D eigenvalue weighted by atomic mass is 9.50. The molecule has 6 bridgehead atoms. The predicted octanol–water partition coefficient (Wildman–Crippen LogP) is 6.09. The number of carbonyl (C=O) groups is 4. The van der Waals surface area contributed by atoms with Crippen LogP contribution in [-0.2, 0) is 35.1 Å². The Bertz CT molecular complexity index is 2260. The van der Waals surface area contributed by atoms with Crippen molar-refractivity contribution in [2.75, 3.05) is 27.3 Å². The molecule has 13 heteroatoms. The minimum Gasteiger partial charge on any atom is -0.439 e. The van der Waals surface area contributed by atoms with Crippen LogP contribution in [0, 0.1) is 23.7 Å². The van der Waals surface area contributed by atoms with Crippen LogP contribution in [0.25, 0.3) is 10.8 Å². The maximum Gasteiger partial charge on any atom is 0.405 e. The van der Waals surface area contributed by atoms with E-state index in [1.165, 1.54) is 42.7 Å². The summed E-state index contributed by atoms with van der Waals surface area (Å²) < 4.78 is 17.0. The Labute approximate surface area is 376 Å². The SMILES string of the molecule is CO[C@H]1/C=C\C=C(/C)C(=O)NC2=CC(=O)C(NCCN(Cc3cccc4ccccc34)C34CC5CC(CC(O)(C5)C3)C4)=C(C[C@@H](C)C[C@H](OC)[C@H](O)[C@@H](C)/C=C(\C)[C@@H]1OC(N)=O)C2=O. The number of primary amides is 1. The molecule has 2 aromatic carbocycles. The first kappa shape index (κ1) is 47.1. The number of allylic oxidation sites excluding steroid dienone is 4. The Morgan fingerprint density at radius 1 is 0.984 bits per heavy atom. The van der Waals surface area contributed by atoms with Crippen LogP contribution in [-0.4, -0.2) is 102 Å². The molecule has 2 amide bonds. The quantitative estimate of drug-likeness (QED) is 0.137. The number of nitrogens with one attached hydrogen (secondary N) is 2. The molecule has 8 rings (SSSR count). The zero-order valence-corrected chi connectivity index (χ0v) is 38.1. The van der Waals surface area contributed by atoms with Gasteiger partial charge in [0.15, 0.2) is 6.10 Å². The number of hydrogen-bond donors (Lipinski definition) is 5. The number of fused-ring (bicyclic) bond motifs is 3. The number of carbonyl (C=O) groups excluding carboxylic acids is 4. The summed E-state index contributed by atoms with van der Waals surface area (Å²) in [6.45, 7) is 8.70. The second-order valence-corrected chi connectivity index (χ2v) is 19.3. The van der Waals surface area contributed by atoms with Gasteiger partial charge in [0.25, 0.3) is 5.91 Å². The molecule has 6 aliphatic rings. The molecule has 8 atom stereocenters. The molecule has 13 nitrogen and oxygen atoms in total. The first-order valence-electron chi connectivity index (χ1n) is 22.8. The molecule has 0 radical (unpaired) electrons. The maximum absolute atomic E-state index is 14.5. The van der Waals surface area contributed by atoms with E-state index in [0.29, 0.717) is 49.9 Å². The standard InChI is InChI=1S/C51H66N4O9/c1-30-19-39-44(53-17-18-55(28-37-14-10-13-36-12-7-8-15-38(36)37)50-24-34-22-35(25-50)27-51(61,26-34)29-50)41(56)23-40(46(39)58)54-48(59)31(2)11-9-16-42(62-5)47(64-49(52)60)33(4)21-32(3)45(57)43(20-30)63-6/h7-16,21,23,30,32,34-35,42-43,45,47,53,57,61H,17-20,22,24-29H2,1-6H3,(H2,52,60)(H,54,59)/b16-9-,31-11+,33-21+/t30-,32+,34?,35?,42+,43+,45-,47+,50?,51?/m1/s1. The number of methoxy groups -OCH3 is 2. The van der Waals surface area contributed by atoms with E-state index in [4.69, 9.17) is 19.9 Å². The Kier molecular flexibility index (Phi) is 14.5. The molecule has 0 aromatic heterocycles. The number of aliphatic hydroxyl groups is 2. The second kappa shape index (κ2) is 19.7. The van der Waals surface area contributed by atoms with Crippen molar-refractivity contribution in [1.82, 2.24) is 15.5 Å². The summed E-state index contributed by atoms with van der Waals surface area (Å²) in [5, 5.41) is 31.9. The van der Waals surface area contributed by atoms with Crippen LogP contribution in [0.2, 0.25) is 0 Å². The van der Waals surface area contributed by atoms with Crippen molar-refractivity contribution in [1.29, 1.82) is 0 Å². The van der Waals surface area contributed by atoms with Crippen molar-refractivity contribution in [3.05, 3.63) is 107 Å². The highest BCUT2D eigenvalue weighted by molar-refractivity contribution is 6.23. The highest BCUT2D eigenvalue weighted by Crippen LogP contribution is 2.59. The first-order chi connectivity index (χ1) is 30.5. The van der Waals surface area contributed by atoms with E-state index in [0.717, 1.165) is 32.1 Å². The van der Waals surface area contributed by atoms with Crippen molar-refractivity contribution in [3.63, 3.8) is 0 Å². The summed E-state index contributed by atoms with van der Waals surface area (Å²) in [5.74, 6) is -1.26. The van der Waals surface area contributed by atoms with Gasteiger partial charge in [-0.2, -0.15) is 0 Å². The molecule has 4 saturated carbocycles. The van der Waals surface area contributed by atoms with Crippen molar-refractivity contribution in [2.24, 2.45) is 29.4 Å². The molecule has 5 aliphatic carbocycles. The van der Waals surface area contributed by atoms with Crippen LogP contribution < -0.4 is 16.4 Å². The number of amides is 2. The number of ether oxygens (including phenoxy) is 3. The monoisotopic (exact) mass is 878 g/mol. The summed E-state index contributed by atoms with van der Waals surface area (Å²) in [6.07, 6.45) is 9.38. The van der Waals surface area contributed by atoms with E-state index in [9.17, 15) is 29.4 Å². The van der Waals surface area contributed by atoms with E-state index in [2.05, 4.69) is 51.9 Å². The molecule has 0 saturated heterocycles. The zero-order chi connectivity index (χ0) is 45.9. The number of rotatable bonds is 10. The average Bonchev–Trinajstić information content (AvgIpc) is 3.24. The lowest BCUT2D eigenvalue weighted by molar-refractivity contribution is -0.177. The van der Waals surface area contributed by atoms with Crippen LogP contribution in [0.5, 0.6) is 0 Å². The van der Waals surface area contributed by atoms with Crippen molar-refractivity contribution in [2.45, 2.75) is 121 Å². The van der Waals surface area contributed by atoms with Gasteiger partial charge in [0.1, 0.15) is 6.10 Å². The highest BCUT2D eigenvalue weighted by atomic mass is 16.6. The van der Waals surface area contributed by atoms with Crippen LogP contribution in [0.3, 0.4) is 0 Å². The van der Waals surface area contributed by atoms with Crippen LogP contribution in [0.1, 0.15) is 84.6 Å². The molecule has 64 heavy (non-hydrogen) atoms. The second-order valence-electron chi connectivity index (χ2n) is 19.3. The van der Waals surface area contributed by atoms with Crippen molar-refractivity contribution < 1.29 is 43.6 Å². The van der Waals surface area contributed by atoms with Gasteiger partial charge in [0, 0.05) is 62.5 Å².